The molecule has 0 spiro atoms. The molecule has 3 rings (SSSR count). The number of rotatable bonds is 0. The summed E-state index contributed by atoms with van der Waals surface area (Å²) in [6, 6.07) is 13.0. The summed E-state index contributed by atoms with van der Waals surface area (Å²) in [5.41, 5.74) is 1.36. The van der Waals surface area contributed by atoms with E-state index in [4.69, 9.17) is 0 Å². The molecule has 16 heavy (non-hydrogen) atoms. The van der Waals surface area contributed by atoms with Crippen molar-refractivity contribution in [3.05, 3.63) is 41.4 Å². The Labute approximate surface area is 116 Å². The van der Waals surface area contributed by atoms with Crippen LogP contribution in [-0.2, 0) is 7.05 Å². The van der Waals surface area contributed by atoms with E-state index in [2.05, 4.69) is 54.9 Å². The Morgan fingerprint density at radius 2 is 1.81 bits per heavy atom. The molecule has 0 aliphatic carbocycles. The highest BCUT2D eigenvalue weighted by atomic mass is 127. The van der Waals surface area contributed by atoms with Gasteiger partial charge < -0.3 is 24.0 Å². The van der Waals surface area contributed by atoms with Crippen LogP contribution < -0.4 is 28.5 Å². The predicted octanol–water partition coefficient (Wildman–Crippen LogP) is 0.191. The number of fused-ring (bicyclic) bond motifs is 3. The third kappa shape index (κ3) is 1.62. The molecule has 1 nitrogen and oxygen atoms in total. The van der Waals surface area contributed by atoms with Crippen LogP contribution in [0.3, 0.4) is 0 Å². The van der Waals surface area contributed by atoms with Gasteiger partial charge in [-0.3, -0.25) is 0 Å². The standard InChI is InChI=1S/C13H12NS.HI/c1-9-14(2)13-11-6-4-3-5-10(11)7-8-12(13)15-9;/h3-8H,1-2H3;1H/q+1;/p-1. The monoisotopic (exact) mass is 341 g/mol. The molecule has 0 amide bonds. The van der Waals surface area contributed by atoms with E-state index in [1.807, 2.05) is 11.3 Å². The predicted molar refractivity (Wildman–Crippen MR) is 65.2 cm³/mol. The molecule has 0 saturated heterocycles. The third-order valence-electron chi connectivity index (χ3n) is 2.93. The van der Waals surface area contributed by atoms with Crippen molar-refractivity contribution in [2.24, 2.45) is 7.05 Å². The van der Waals surface area contributed by atoms with Crippen molar-refractivity contribution in [3.63, 3.8) is 0 Å². The highest BCUT2D eigenvalue weighted by molar-refractivity contribution is 7.18. The number of hydrogen-bond donors (Lipinski definition) is 0. The van der Waals surface area contributed by atoms with Crippen LogP contribution in [0.1, 0.15) is 5.01 Å². The van der Waals surface area contributed by atoms with Gasteiger partial charge in [0.2, 0.25) is 10.5 Å². The van der Waals surface area contributed by atoms with Gasteiger partial charge in [-0.15, -0.1) is 0 Å². The second kappa shape index (κ2) is 4.30. The van der Waals surface area contributed by atoms with Gasteiger partial charge in [0, 0.05) is 6.92 Å². The zero-order valence-electron chi connectivity index (χ0n) is 9.20. The summed E-state index contributed by atoms with van der Waals surface area (Å²) in [7, 11) is 2.14. The molecular formula is C13H12INS. The summed E-state index contributed by atoms with van der Waals surface area (Å²) in [5.74, 6) is 0. The summed E-state index contributed by atoms with van der Waals surface area (Å²) in [5, 5.41) is 4.02. The number of benzene rings is 2. The van der Waals surface area contributed by atoms with E-state index in [1.54, 1.807) is 0 Å². The molecule has 0 aliphatic heterocycles. The Kier molecular flexibility index (Phi) is 3.17. The van der Waals surface area contributed by atoms with Crippen molar-refractivity contribution in [3.8, 4) is 0 Å². The van der Waals surface area contributed by atoms with Gasteiger partial charge >= 0.3 is 0 Å². The topological polar surface area (TPSA) is 3.88 Å². The van der Waals surface area contributed by atoms with Gasteiger partial charge in [0.25, 0.3) is 0 Å². The summed E-state index contributed by atoms with van der Waals surface area (Å²) < 4.78 is 3.65. The van der Waals surface area contributed by atoms with Crippen LogP contribution in [0.4, 0.5) is 0 Å². The maximum absolute atomic E-state index is 2.28. The van der Waals surface area contributed by atoms with Crippen molar-refractivity contribution in [1.82, 2.24) is 0 Å². The minimum atomic E-state index is 0. The highest BCUT2D eigenvalue weighted by Crippen LogP contribution is 2.27. The van der Waals surface area contributed by atoms with Gasteiger partial charge in [0.15, 0.2) is 0 Å². The first-order valence-electron chi connectivity index (χ1n) is 5.04. The molecule has 0 saturated carbocycles. The fraction of sp³-hybridized carbons (Fsp3) is 0.154. The lowest BCUT2D eigenvalue weighted by Gasteiger charge is -1.95. The van der Waals surface area contributed by atoms with Crippen LogP contribution in [0.5, 0.6) is 0 Å². The molecule has 0 unspecified atom stereocenters. The van der Waals surface area contributed by atoms with E-state index < -0.39 is 0 Å². The Hall–Kier alpha value is -0.680. The number of aromatic nitrogens is 1. The van der Waals surface area contributed by atoms with Crippen LogP contribution in [-0.4, -0.2) is 0 Å². The molecule has 3 heteroatoms. The van der Waals surface area contributed by atoms with E-state index in [-0.39, 0.29) is 24.0 Å². The fourth-order valence-corrected chi connectivity index (χ4v) is 3.07. The lowest BCUT2D eigenvalue weighted by Crippen LogP contribution is -3.00. The van der Waals surface area contributed by atoms with Crippen molar-refractivity contribution in [2.45, 2.75) is 6.92 Å². The highest BCUT2D eigenvalue weighted by Gasteiger charge is 2.15. The van der Waals surface area contributed by atoms with Crippen LogP contribution >= 0.6 is 11.3 Å². The van der Waals surface area contributed by atoms with Crippen LogP contribution in [0.25, 0.3) is 21.0 Å². The minimum absolute atomic E-state index is 0. The zero-order valence-corrected chi connectivity index (χ0v) is 12.2. The smallest absolute Gasteiger partial charge is 0.234 e. The van der Waals surface area contributed by atoms with Gasteiger partial charge in [-0.25, -0.2) is 0 Å². The quantitative estimate of drug-likeness (QED) is 0.406. The summed E-state index contributed by atoms with van der Waals surface area (Å²) in [4.78, 5) is 0. The first kappa shape index (κ1) is 11.8. The lowest BCUT2D eigenvalue weighted by atomic mass is 10.1. The molecule has 82 valence electrons. The molecule has 3 aromatic rings. The molecule has 0 fully saturated rings. The molecule has 2 aromatic carbocycles. The Balaban J connectivity index is 0.000000963. The van der Waals surface area contributed by atoms with E-state index in [0.29, 0.717) is 0 Å². The minimum Gasteiger partial charge on any atom is -1.00 e. The van der Waals surface area contributed by atoms with Gasteiger partial charge in [-0.2, -0.15) is 4.57 Å². The SMILES string of the molecule is Cc1sc2ccc3ccccc3c2[n+]1C.[I-]. The molecule has 1 aromatic heterocycles. The summed E-state index contributed by atoms with van der Waals surface area (Å²) in [6.07, 6.45) is 0. The van der Waals surface area contributed by atoms with Gasteiger partial charge in [0.05, 0.1) is 5.39 Å². The van der Waals surface area contributed by atoms with E-state index in [9.17, 15) is 0 Å². The summed E-state index contributed by atoms with van der Waals surface area (Å²) in [6.45, 7) is 2.17. The third-order valence-corrected chi connectivity index (χ3v) is 4.05. The van der Waals surface area contributed by atoms with E-state index >= 15 is 0 Å². The molecule has 0 aliphatic rings. The van der Waals surface area contributed by atoms with Crippen molar-refractivity contribution >= 4 is 32.3 Å². The fourth-order valence-electron chi connectivity index (χ4n) is 2.05. The normalized spacial score (nSPS) is 10.6. The van der Waals surface area contributed by atoms with E-state index in [0.717, 1.165) is 0 Å². The van der Waals surface area contributed by atoms with Crippen molar-refractivity contribution < 1.29 is 28.5 Å². The Morgan fingerprint density at radius 1 is 1.06 bits per heavy atom. The molecular weight excluding hydrogens is 329 g/mol. The first-order valence-corrected chi connectivity index (χ1v) is 5.86. The number of aryl methyl sites for hydroxylation is 2. The van der Waals surface area contributed by atoms with Crippen molar-refractivity contribution in [1.29, 1.82) is 0 Å². The molecule has 0 atom stereocenters. The Bertz CT molecular complexity index is 657. The van der Waals surface area contributed by atoms with Gasteiger partial charge in [0.1, 0.15) is 11.7 Å². The number of halogens is 1. The number of hydrogen-bond acceptors (Lipinski definition) is 1. The maximum Gasteiger partial charge on any atom is 0.234 e. The first-order chi connectivity index (χ1) is 7.27. The molecule has 0 bridgehead atoms. The van der Waals surface area contributed by atoms with Crippen LogP contribution in [0.2, 0.25) is 0 Å². The lowest BCUT2D eigenvalue weighted by molar-refractivity contribution is -0.645. The number of nitrogens with zero attached hydrogens (tertiary/aromatic N) is 1. The maximum atomic E-state index is 2.28. The molecule has 0 N–H and O–H groups in total. The Morgan fingerprint density at radius 3 is 2.62 bits per heavy atom. The van der Waals surface area contributed by atoms with Gasteiger partial charge in [-0.05, 0) is 17.5 Å². The van der Waals surface area contributed by atoms with Crippen molar-refractivity contribution in [2.75, 3.05) is 0 Å². The number of thiazole rings is 1. The largest absolute Gasteiger partial charge is 1.00 e. The van der Waals surface area contributed by atoms with Crippen LogP contribution in [0.15, 0.2) is 36.4 Å². The van der Waals surface area contributed by atoms with Gasteiger partial charge in [-0.1, -0.05) is 35.6 Å². The second-order valence-electron chi connectivity index (χ2n) is 3.81. The van der Waals surface area contributed by atoms with Crippen LogP contribution in [0, 0.1) is 6.92 Å². The zero-order chi connectivity index (χ0) is 10.4. The molecule has 0 radical (unpaired) electrons. The molecule has 1 heterocycles. The summed E-state index contributed by atoms with van der Waals surface area (Å²) >= 11 is 1.86. The average Bonchev–Trinajstić information content (AvgIpc) is 2.55. The average molecular weight is 341 g/mol. The van der Waals surface area contributed by atoms with E-state index in [1.165, 1.54) is 26.0 Å². The second-order valence-corrected chi connectivity index (χ2v) is 5.05.